The van der Waals surface area contributed by atoms with Gasteiger partial charge in [0.2, 0.25) is 0 Å². The molecular formula is C26H20FN3O5. The fraction of sp³-hybridized carbons (Fsp3) is 0.0385. The van der Waals surface area contributed by atoms with Crippen LogP contribution < -0.4 is 20.7 Å². The average Bonchev–Trinajstić information content (AvgIpc) is 3.39. The van der Waals surface area contributed by atoms with Crippen molar-refractivity contribution in [2.24, 2.45) is 0 Å². The minimum Gasteiger partial charge on any atom is -0.484 e. The first-order valence-corrected chi connectivity index (χ1v) is 10.5. The van der Waals surface area contributed by atoms with E-state index in [1.165, 1.54) is 30.5 Å². The van der Waals surface area contributed by atoms with Crippen molar-refractivity contribution in [2.75, 3.05) is 22.6 Å². The monoisotopic (exact) mass is 473 g/mol. The molecule has 3 aromatic carbocycles. The van der Waals surface area contributed by atoms with Gasteiger partial charge in [-0.05, 0) is 60.7 Å². The van der Waals surface area contributed by atoms with E-state index in [9.17, 15) is 18.8 Å². The molecule has 0 saturated carbocycles. The highest BCUT2D eigenvalue weighted by molar-refractivity contribution is 6.05. The number of carbonyl (C=O) groups excluding carboxylic acids is 3. The molecule has 0 bridgehead atoms. The van der Waals surface area contributed by atoms with Crippen LogP contribution in [0.1, 0.15) is 20.9 Å². The Hall–Kier alpha value is -4.92. The molecule has 0 radical (unpaired) electrons. The van der Waals surface area contributed by atoms with Crippen LogP contribution in [0, 0.1) is 5.82 Å². The van der Waals surface area contributed by atoms with Gasteiger partial charge in [-0.1, -0.05) is 18.2 Å². The number of anilines is 3. The summed E-state index contributed by atoms with van der Waals surface area (Å²) in [5.41, 5.74) is 1.47. The molecule has 0 saturated heterocycles. The minimum atomic E-state index is -0.464. The molecule has 3 N–H and O–H groups in total. The number of halogens is 1. The van der Waals surface area contributed by atoms with E-state index in [0.29, 0.717) is 22.8 Å². The van der Waals surface area contributed by atoms with E-state index >= 15 is 0 Å². The van der Waals surface area contributed by atoms with Gasteiger partial charge in [0.05, 0.1) is 6.26 Å². The first kappa shape index (κ1) is 23.2. The van der Waals surface area contributed by atoms with Crippen LogP contribution in [0.15, 0.2) is 95.6 Å². The standard InChI is InChI=1S/C26H20FN3O5/c27-18-6-2-8-20(14-18)29-25(32)17-5-1-7-19(13-17)28-24(31)16-35-22-10-3-9-21(15-22)30-26(33)23-11-4-12-34-23/h1-15H,16H2,(H,28,31)(H,29,32)(H,30,33). The normalized spacial score (nSPS) is 10.3. The molecule has 0 atom stereocenters. The maximum absolute atomic E-state index is 13.3. The van der Waals surface area contributed by atoms with Crippen LogP contribution in [0.5, 0.6) is 5.75 Å². The Kier molecular flexibility index (Phi) is 7.17. The molecule has 8 nitrogen and oxygen atoms in total. The molecule has 1 aromatic heterocycles. The number of nitrogens with one attached hydrogen (secondary N) is 3. The molecule has 0 fully saturated rings. The second-order valence-electron chi connectivity index (χ2n) is 7.34. The lowest BCUT2D eigenvalue weighted by Crippen LogP contribution is -2.20. The third-order valence-corrected chi connectivity index (χ3v) is 4.70. The Bertz CT molecular complexity index is 1350. The number of carbonyl (C=O) groups is 3. The molecule has 0 aliphatic carbocycles. The molecule has 4 aromatic rings. The average molecular weight is 473 g/mol. The van der Waals surface area contributed by atoms with Crippen molar-refractivity contribution in [3.8, 4) is 5.75 Å². The number of hydrogen-bond acceptors (Lipinski definition) is 5. The summed E-state index contributed by atoms with van der Waals surface area (Å²) in [6.07, 6.45) is 1.40. The van der Waals surface area contributed by atoms with Crippen molar-refractivity contribution in [2.45, 2.75) is 0 Å². The smallest absolute Gasteiger partial charge is 0.291 e. The van der Waals surface area contributed by atoms with E-state index in [4.69, 9.17) is 9.15 Å². The van der Waals surface area contributed by atoms with Gasteiger partial charge in [0.25, 0.3) is 17.7 Å². The highest BCUT2D eigenvalue weighted by Crippen LogP contribution is 2.19. The Labute approximate surface area is 199 Å². The molecule has 0 spiro atoms. The molecule has 3 amide bonds. The SMILES string of the molecule is O=C(COc1cccc(NC(=O)c2ccco2)c1)Nc1cccc(C(=O)Nc2cccc(F)c2)c1. The Balaban J connectivity index is 1.31. The zero-order valence-electron chi connectivity index (χ0n) is 18.3. The van der Waals surface area contributed by atoms with Gasteiger partial charge in [0, 0.05) is 28.7 Å². The van der Waals surface area contributed by atoms with Crippen LogP contribution >= 0.6 is 0 Å². The van der Waals surface area contributed by atoms with Crippen molar-refractivity contribution in [1.82, 2.24) is 0 Å². The molecular weight excluding hydrogens is 453 g/mol. The molecule has 176 valence electrons. The van der Waals surface area contributed by atoms with Gasteiger partial charge < -0.3 is 25.1 Å². The summed E-state index contributed by atoms with van der Waals surface area (Å²) in [7, 11) is 0. The number of ether oxygens (including phenoxy) is 1. The lowest BCUT2D eigenvalue weighted by atomic mass is 10.2. The van der Waals surface area contributed by atoms with Crippen molar-refractivity contribution in [3.05, 3.63) is 108 Å². The van der Waals surface area contributed by atoms with Gasteiger partial charge in [-0.3, -0.25) is 14.4 Å². The molecule has 4 rings (SSSR count). The van der Waals surface area contributed by atoms with Crippen LogP contribution in [0.3, 0.4) is 0 Å². The predicted molar refractivity (Wildman–Crippen MR) is 128 cm³/mol. The molecule has 9 heteroatoms. The quantitative estimate of drug-likeness (QED) is 0.336. The number of amides is 3. The summed E-state index contributed by atoms with van der Waals surface area (Å²) in [6, 6.07) is 21.6. The van der Waals surface area contributed by atoms with Gasteiger partial charge in [-0.25, -0.2) is 4.39 Å². The second-order valence-corrected chi connectivity index (χ2v) is 7.34. The van der Waals surface area contributed by atoms with Crippen molar-refractivity contribution in [3.63, 3.8) is 0 Å². The van der Waals surface area contributed by atoms with Crippen LogP contribution in [0.2, 0.25) is 0 Å². The summed E-state index contributed by atoms with van der Waals surface area (Å²) in [6.45, 7) is -0.296. The minimum absolute atomic E-state index is 0.169. The van der Waals surface area contributed by atoms with Crippen molar-refractivity contribution >= 4 is 34.8 Å². The Morgan fingerprint density at radius 1 is 0.743 bits per heavy atom. The van der Waals surface area contributed by atoms with Crippen molar-refractivity contribution in [1.29, 1.82) is 0 Å². The molecule has 1 heterocycles. The van der Waals surface area contributed by atoms with E-state index in [0.717, 1.165) is 0 Å². The summed E-state index contributed by atoms with van der Waals surface area (Å²) < 4.78 is 23.9. The maximum atomic E-state index is 13.3. The number of furan rings is 1. The van der Waals surface area contributed by atoms with Crippen molar-refractivity contribution < 1.29 is 27.9 Å². The first-order valence-electron chi connectivity index (χ1n) is 10.5. The topological polar surface area (TPSA) is 110 Å². The molecule has 0 aliphatic heterocycles. The summed E-state index contributed by atoms with van der Waals surface area (Å²) in [5.74, 6) is -1.22. The highest BCUT2D eigenvalue weighted by atomic mass is 19.1. The van der Waals surface area contributed by atoms with E-state index in [-0.39, 0.29) is 17.9 Å². The largest absolute Gasteiger partial charge is 0.484 e. The van der Waals surface area contributed by atoms with Crippen LogP contribution in [0.25, 0.3) is 0 Å². The van der Waals surface area contributed by atoms with Gasteiger partial charge in [0.15, 0.2) is 12.4 Å². The zero-order valence-corrected chi connectivity index (χ0v) is 18.3. The molecule has 0 unspecified atom stereocenters. The Morgan fingerprint density at radius 3 is 2.17 bits per heavy atom. The van der Waals surface area contributed by atoms with Gasteiger partial charge in [-0.2, -0.15) is 0 Å². The van der Waals surface area contributed by atoms with Gasteiger partial charge in [0.1, 0.15) is 11.6 Å². The van der Waals surface area contributed by atoms with Crippen LogP contribution in [-0.4, -0.2) is 24.3 Å². The fourth-order valence-corrected chi connectivity index (χ4v) is 3.12. The summed E-state index contributed by atoms with van der Waals surface area (Å²) in [5, 5.41) is 7.94. The van der Waals surface area contributed by atoms with Gasteiger partial charge in [-0.15, -0.1) is 0 Å². The Morgan fingerprint density at radius 2 is 1.43 bits per heavy atom. The van der Waals surface area contributed by atoms with Crippen LogP contribution in [-0.2, 0) is 4.79 Å². The van der Waals surface area contributed by atoms with Crippen LogP contribution in [0.4, 0.5) is 21.5 Å². The lowest BCUT2D eigenvalue weighted by Gasteiger charge is -2.10. The maximum Gasteiger partial charge on any atom is 0.291 e. The zero-order chi connectivity index (χ0) is 24.6. The van der Waals surface area contributed by atoms with E-state index in [2.05, 4.69) is 16.0 Å². The van der Waals surface area contributed by atoms with E-state index < -0.39 is 23.5 Å². The van der Waals surface area contributed by atoms with E-state index in [1.54, 1.807) is 60.7 Å². The molecule has 35 heavy (non-hydrogen) atoms. The number of hydrogen-bond donors (Lipinski definition) is 3. The summed E-state index contributed by atoms with van der Waals surface area (Å²) in [4.78, 5) is 36.9. The third kappa shape index (κ3) is 6.55. The fourth-order valence-electron chi connectivity index (χ4n) is 3.12. The van der Waals surface area contributed by atoms with E-state index in [1.807, 2.05) is 0 Å². The molecule has 0 aliphatic rings. The van der Waals surface area contributed by atoms with Gasteiger partial charge >= 0.3 is 0 Å². The third-order valence-electron chi connectivity index (χ3n) is 4.70. The second kappa shape index (κ2) is 10.8. The first-order chi connectivity index (χ1) is 17.0. The lowest BCUT2D eigenvalue weighted by molar-refractivity contribution is -0.118. The highest BCUT2D eigenvalue weighted by Gasteiger charge is 2.11. The number of rotatable bonds is 8. The summed E-state index contributed by atoms with van der Waals surface area (Å²) >= 11 is 0. The predicted octanol–water partition coefficient (Wildman–Crippen LogP) is 4.94. The number of benzene rings is 3.